The Bertz CT molecular complexity index is 1520. The van der Waals surface area contributed by atoms with E-state index in [1.807, 2.05) is 0 Å². The molecular formula is C50H81N3O6+2. The summed E-state index contributed by atoms with van der Waals surface area (Å²) in [6.07, 6.45) is 24.5. The Hall–Kier alpha value is -1.64. The Morgan fingerprint density at radius 3 is 2.49 bits per heavy atom. The first kappa shape index (κ1) is 44.0. The fourth-order valence-electron chi connectivity index (χ4n) is 14.8. The lowest BCUT2D eigenvalue weighted by Gasteiger charge is -2.50. The Balaban J connectivity index is 0.957. The first-order valence-corrected chi connectivity index (χ1v) is 24.8. The highest BCUT2D eigenvalue weighted by atomic mass is 16.5. The molecule has 0 aromatic heterocycles. The van der Waals surface area contributed by atoms with Crippen LogP contribution in [0.1, 0.15) is 148 Å². The van der Waals surface area contributed by atoms with Gasteiger partial charge in [0.25, 0.3) is 0 Å². The average Bonchev–Trinajstić information content (AvgIpc) is 3.29. The minimum Gasteiger partial charge on any atom is -0.393 e. The number of carbonyl (C=O) groups excluding carboxylic acids is 2. The third kappa shape index (κ3) is 10.1. The zero-order valence-electron chi connectivity index (χ0n) is 36.4. The number of carbonyl (C=O) groups is 2. The molecule has 1 spiro atoms. The van der Waals surface area contributed by atoms with Crippen molar-refractivity contribution in [3.8, 4) is 11.8 Å². The summed E-state index contributed by atoms with van der Waals surface area (Å²) in [5.74, 6) is 12.6. The van der Waals surface area contributed by atoms with Crippen molar-refractivity contribution in [1.82, 2.24) is 0 Å². The lowest BCUT2D eigenvalue weighted by molar-refractivity contribution is -0.715. The molecule has 9 nitrogen and oxygen atoms in total. The quantitative estimate of drug-likeness (QED) is 0.141. The molecule has 9 heteroatoms. The van der Waals surface area contributed by atoms with Crippen molar-refractivity contribution in [3.63, 3.8) is 0 Å². The van der Waals surface area contributed by atoms with Gasteiger partial charge >= 0.3 is 0 Å². The Morgan fingerprint density at radius 2 is 1.69 bits per heavy atom. The molecule has 8 aliphatic rings. The van der Waals surface area contributed by atoms with E-state index in [9.17, 15) is 24.9 Å². The SMILES string of the molecule is COC1CC2CCC(=O)C3(C#CC(CCC(O)CC(C=CC4CCCCC4)C4CC[NH2+]C(N)C4)C2CC1O)CCC(C1CCC2C(C[NH2+]C4CC(=O)CCC42)C1)CC3O. The number of piperidine rings is 2. The van der Waals surface area contributed by atoms with Crippen LogP contribution >= 0.6 is 0 Å². The molecule has 17 unspecified atom stereocenters. The van der Waals surface area contributed by atoms with Gasteiger partial charge in [-0.05, 0) is 144 Å². The highest BCUT2D eigenvalue weighted by molar-refractivity contribution is 5.89. The fourth-order valence-corrected chi connectivity index (χ4v) is 14.8. The van der Waals surface area contributed by atoms with Crippen LogP contribution in [0.25, 0.3) is 0 Å². The number of hydrogen-bond donors (Lipinski definition) is 6. The first-order valence-electron chi connectivity index (χ1n) is 24.8. The molecule has 330 valence electrons. The smallest absolute Gasteiger partial charge is 0.153 e. The number of fused-ring (bicyclic) bond motifs is 4. The average molecular weight is 820 g/mol. The molecule has 2 aliphatic heterocycles. The maximum absolute atomic E-state index is 14.4. The summed E-state index contributed by atoms with van der Waals surface area (Å²) >= 11 is 0. The summed E-state index contributed by atoms with van der Waals surface area (Å²) < 4.78 is 5.77. The van der Waals surface area contributed by atoms with Crippen LogP contribution in [0.15, 0.2) is 12.2 Å². The van der Waals surface area contributed by atoms with Crippen LogP contribution in [-0.4, -0.2) is 83.7 Å². The van der Waals surface area contributed by atoms with Gasteiger partial charge in [-0.3, -0.25) is 15.3 Å². The zero-order chi connectivity index (χ0) is 41.1. The standard InChI is InChI=1S/C50H79N3O6/c1-59-46-25-37-11-16-47(57)50(21-18-35(26-48(50)58)33-10-14-41-38(23-33)30-53-44-28-40(55)13-15-42(41)44)20-17-32(43(37)29-45(46)56)9-12-39(54)24-34(36-19-22-52-49(51)27-36)8-7-31-5-3-2-4-6-31/h7-8,31-39,41-46,48-49,52-54,56,58H,2-6,9-16,18-19,21-30,51H2,1H3/p+2. The van der Waals surface area contributed by atoms with Crippen LogP contribution in [0.3, 0.4) is 0 Å². The van der Waals surface area contributed by atoms with Crippen LogP contribution in [0.5, 0.6) is 0 Å². The van der Waals surface area contributed by atoms with Gasteiger partial charge in [0.15, 0.2) is 5.78 Å². The van der Waals surface area contributed by atoms with Gasteiger partial charge in [0.1, 0.15) is 17.4 Å². The number of hydrogen-bond acceptors (Lipinski definition) is 7. The number of methoxy groups -OCH3 is 1. The second kappa shape index (κ2) is 19.8. The predicted molar refractivity (Wildman–Crippen MR) is 228 cm³/mol. The molecule has 6 aliphatic carbocycles. The molecule has 0 radical (unpaired) electrons. The van der Waals surface area contributed by atoms with E-state index >= 15 is 0 Å². The van der Waals surface area contributed by atoms with E-state index in [0.717, 1.165) is 76.8 Å². The van der Waals surface area contributed by atoms with E-state index < -0.39 is 23.7 Å². The second-order valence-electron chi connectivity index (χ2n) is 21.6. The van der Waals surface area contributed by atoms with Crippen LogP contribution in [0.4, 0.5) is 0 Å². The topological polar surface area (TPSA) is 163 Å². The summed E-state index contributed by atoms with van der Waals surface area (Å²) in [6.45, 7) is 2.17. The van der Waals surface area contributed by atoms with E-state index in [2.05, 4.69) is 34.6 Å². The number of Topliss-reactive ketones (excluding diaryl/α,β-unsaturated/α-hetero) is 2. The number of ether oxygens (including phenoxy) is 1. The number of nitrogens with two attached hydrogens (primary N) is 3. The van der Waals surface area contributed by atoms with Gasteiger partial charge in [-0.15, -0.1) is 0 Å². The molecule has 2 saturated heterocycles. The fraction of sp³-hybridized carbons (Fsp3) is 0.880. The minimum atomic E-state index is -1.04. The molecular weight excluding hydrogens is 739 g/mol. The molecule has 7 fully saturated rings. The van der Waals surface area contributed by atoms with Crippen molar-refractivity contribution < 1.29 is 40.3 Å². The van der Waals surface area contributed by atoms with Crippen molar-refractivity contribution in [3.05, 3.63) is 12.2 Å². The van der Waals surface area contributed by atoms with E-state index in [4.69, 9.17) is 10.5 Å². The minimum absolute atomic E-state index is 0.0690. The molecule has 5 saturated carbocycles. The van der Waals surface area contributed by atoms with Crippen molar-refractivity contribution in [2.24, 2.45) is 76.2 Å². The van der Waals surface area contributed by atoms with Gasteiger partial charge in [0.2, 0.25) is 0 Å². The van der Waals surface area contributed by atoms with E-state index in [1.165, 1.54) is 51.4 Å². The Kier molecular flexibility index (Phi) is 14.8. The van der Waals surface area contributed by atoms with Gasteiger partial charge in [0.05, 0.1) is 50.0 Å². The van der Waals surface area contributed by atoms with Gasteiger partial charge in [0, 0.05) is 50.5 Å². The first-order chi connectivity index (χ1) is 28.6. The molecule has 0 aromatic carbocycles. The largest absolute Gasteiger partial charge is 0.393 e. The van der Waals surface area contributed by atoms with Crippen LogP contribution in [0.2, 0.25) is 0 Å². The number of aliphatic hydroxyl groups excluding tert-OH is 3. The lowest BCUT2D eigenvalue weighted by atomic mass is 9.57. The predicted octanol–water partition coefficient (Wildman–Crippen LogP) is 4.41. The van der Waals surface area contributed by atoms with E-state index in [1.54, 1.807) is 7.11 Å². The monoisotopic (exact) mass is 820 g/mol. The summed E-state index contributed by atoms with van der Waals surface area (Å²) in [5, 5.41) is 40.0. The Labute approximate surface area is 355 Å². The molecule has 0 aromatic rings. The van der Waals surface area contributed by atoms with Gasteiger partial charge in [-0.25, -0.2) is 0 Å². The molecule has 0 amide bonds. The van der Waals surface area contributed by atoms with Crippen molar-refractivity contribution in [1.29, 1.82) is 0 Å². The molecule has 2 heterocycles. The molecule has 0 bridgehead atoms. The van der Waals surface area contributed by atoms with E-state index in [-0.39, 0.29) is 35.8 Å². The molecule has 9 N–H and O–H groups in total. The molecule has 17 atom stereocenters. The third-order valence-corrected chi connectivity index (χ3v) is 18.3. The highest BCUT2D eigenvalue weighted by Crippen LogP contribution is 2.51. The number of aliphatic hydroxyl groups is 3. The normalized spacial score (nSPS) is 44.6. The highest BCUT2D eigenvalue weighted by Gasteiger charge is 2.52. The molecule has 8 rings (SSSR count). The van der Waals surface area contributed by atoms with Crippen molar-refractivity contribution >= 4 is 11.6 Å². The number of allylic oxidation sites excluding steroid dienone is 2. The zero-order valence-corrected chi connectivity index (χ0v) is 36.4. The maximum atomic E-state index is 14.4. The summed E-state index contributed by atoms with van der Waals surface area (Å²) in [7, 11) is 1.68. The lowest BCUT2D eigenvalue weighted by Crippen LogP contribution is -2.96. The van der Waals surface area contributed by atoms with Crippen LogP contribution in [0, 0.1) is 82.4 Å². The molecule has 59 heavy (non-hydrogen) atoms. The van der Waals surface area contributed by atoms with Gasteiger partial charge < -0.3 is 30.7 Å². The van der Waals surface area contributed by atoms with Gasteiger partial charge in [-0.2, -0.15) is 0 Å². The second-order valence-corrected chi connectivity index (χ2v) is 21.6. The van der Waals surface area contributed by atoms with Crippen LogP contribution < -0.4 is 16.4 Å². The number of quaternary nitrogens is 2. The van der Waals surface area contributed by atoms with Crippen molar-refractivity contribution in [2.75, 3.05) is 20.2 Å². The summed E-state index contributed by atoms with van der Waals surface area (Å²) in [6, 6.07) is 0.489. The van der Waals surface area contributed by atoms with Crippen molar-refractivity contribution in [2.45, 2.75) is 184 Å². The third-order valence-electron chi connectivity index (χ3n) is 18.3. The van der Waals surface area contributed by atoms with Gasteiger partial charge in [-0.1, -0.05) is 43.3 Å². The van der Waals surface area contributed by atoms with E-state index in [0.29, 0.717) is 91.8 Å². The summed E-state index contributed by atoms with van der Waals surface area (Å²) in [4.78, 5) is 26.6. The number of rotatable bonds is 10. The summed E-state index contributed by atoms with van der Waals surface area (Å²) in [5.41, 5.74) is 5.42. The maximum Gasteiger partial charge on any atom is 0.153 e. The van der Waals surface area contributed by atoms with Crippen LogP contribution in [-0.2, 0) is 14.3 Å². The number of ketones is 2. The Morgan fingerprint density at radius 1 is 0.864 bits per heavy atom.